The van der Waals surface area contributed by atoms with Crippen LogP contribution in [0.15, 0.2) is 42.7 Å². The highest BCUT2D eigenvalue weighted by Crippen LogP contribution is 2.36. The van der Waals surface area contributed by atoms with E-state index in [4.69, 9.17) is 9.47 Å². The van der Waals surface area contributed by atoms with Gasteiger partial charge in [0.1, 0.15) is 5.60 Å². The van der Waals surface area contributed by atoms with Gasteiger partial charge in [-0.2, -0.15) is 0 Å². The number of nitrogens with zero attached hydrogens (tertiary/aromatic N) is 2. The second kappa shape index (κ2) is 7.41. The first kappa shape index (κ1) is 18.1. The number of likely N-dealkylation sites (tertiary alicyclic amines) is 1. The molecule has 0 N–H and O–H groups in total. The second-order valence-electron chi connectivity index (χ2n) is 7.85. The molecule has 142 valence electrons. The number of aryl methyl sites for hydroxylation is 2. The number of ether oxygens (including phenoxy) is 2. The minimum absolute atomic E-state index is 0.0934. The minimum Gasteiger partial charge on any atom is -0.373 e. The van der Waals surface area contributed by atoms with Gasteiger partial charge in [-0.3, -0.25) is 9.78 Å². The van der Waals surface area contributed by atoms with Crippen molar-refractivity contribution in [1.29, 1.82) is 0 Å². The summed E-state index contributed by atoms with van der Waals surface area (Å²) < 4.78 is 12.2. The normalized spacial score (nSPS) is 21.1. The van der Waals surface area contributed by atoms with E-state index >= 15 is 0 Å². The number of hydrogen-bond acceptors (Lipinski definition) is 4. The van der Waals surface area contributed by atoms with E-state index in [1.54, 1.807) is 12.4 Å². The summed E-state index contributed by atoms with van der Waals surface area (Å²) in [6.07, 6.45) is 5.48. The molecule has 3 heterocycles. The van der Waals surface area contributed by atoms with Crippen molar-refractivity contribution >= 4 is 5.91 Å². The van der Waals surface area contributed by atoms with Crippen LogP contribution >= 0.6 is 0 Å². The van der Waals surface area contributed by atoms with E-state index < -0.39 is 0 Å². The summed E-state index contributed by atoms with van der Waals surface area (Å²) >= 11 is 0. The molecular weight excluding hydrogens is 340 g/mol. The van der Waals surface area contributed by atoms with Crippen LogP contribution in [0.25, 0.3) is 0 Å². The lowest BCUT2D eigenvalue weighted by Gasteiger charge is -2.53. The van der Waals surface area contributed by atoms with Gasteiger partial charge in [0, 0.05) is 31.0 Å². The van der Waals surface area contributed by atoms with Gasteiger partial charge in [-0.25, -0.2) is 0 Å². The van der Waals surface area contributed by atoms with Crippen LogP contribution in [0.4, 0.5) is 0 Å². The van der Waals surface area contributed by atoms with Gasteiger partial charge in [-0.15, -0.1) is 0 Å². The Balaban J connectivity index is 1.33. The van der Waals surface area contributed by atoms with Crippen molar-refractivity contribution in [2.45, 2.75) is 45.0 Å². The molecule has 0 saturated carbocycles. The molecule has 1 amide bonds. The SMILES string of the molecule is Cc1cc(C)cc(C(=O)N2CC3(CC(OCc4ccncc4)CCO3)C2)c1. The standard InChI is InChI=1S/C22H26N2O3/c1-16-9-17(2)11-19(10-16)21(25)24-14-22(15-24)12-20(5-8-27-22)26-13-18-3-6-23-7-4-18/h3-4,6-7,9-11,20H,5,8,12-15H2,1-2H3. The van der Waals surface area contributed by atoms with Crippen LogP contribution < -0.4 is 0 Å². The number of pyridine rings is 1. The Hall–Kier alpha value is -2.24. The number of carbonyl (C=O) groups excluding carboxylic acids is 1. The molecular formula is C22H26N2O3. The largest absolute Gasteiger partial charge is 0.373 e. The second-order valence-corrected chi connectivity index (χ2v) is 7.85. The zero-order valence-corrected chi connectivity index (χ0v) is 16.0. The summed E-state index contributed by atoms with van der Waals surface area (Å²) in [5.74, 6) is 0.0934. The van der Waals surface area contributed by atoms with Gasteiger partial charge in [-0.05, 0) is 50.1 Å². The predicted octanol–water partition coefficient (Wildman–Crippen LogP) is 3.29. The molecule has 2 fully saturated rings. The Bertz CT molecular complexity index is 795. The maximum absolute atomic E-state index is 12.8. The quantitative estimate of drug-likeness (QED) is 0.833. The Kier molecular flexibility index (Phi) is 4.98. The lowest BCUT2D eigenvalue weighted by Crippen LogP contribution is -2.67. The van der Waals surface area contributed by atoms with Crippen molar-refractivity contribution in [1.82, 2.24) is 9.88 Å². The lowest BCUT2D eigenvalue weighted by atomic mass is 9.84. The molecule has 1 aromatic carbocycles. The number of benzene rings is 1. The fraction of sp³-hybridized carbons (Fsp3) is 0.455. The third-order valence-electron chi connectivity index (χ3n) is 5.40. The number of amides is 1. The maximum atomic E-state index is 12.8. The van der Waals surface area contributed by atoms with Gasteiger partial charge in [0.05, 0.1) is 25.8 Å². The zero-order valence-electron chi connectivity index (χ0n) is 16.0. The fourth-order valence-electron chi connectivity index (χ4n) is 4.11. The van der Waals surface area contributed by atoms with E-state index in [-0.39, 0.29) is 17.6 Å². The van der Waals surface area contributed by atoms with Crippen LogP contribution in [-0.4, -0.2) is 47.2 Å². The van der Waals surface area contributed by atoms with Gasteiger partial charge in [0.2, 0.25) is 0 Å². The van der Waals surface area contributed by atoms with Crippen LogP contribution in [0.2, 0.25) is 0 Å². The van der Waals surface area contributed by atoms with Crippen molar-refractivity contribution in [3.63, 3.8) is 0 Å². The van der Waals surface area contributed by atoms with Crippen LogP contribution in [0.1, 0.15) is 39.9 Å². The molecule has 0 radical (unpaired) electrons. The molecule has 1 spiro atoms. The Morgan fingerprint density at radius 2 is 1.93 bits per heavy atom. The molecule has 0 bridgehead atoms. The molecule has 1 unspecified atom stereocenters. The number of rotatable bonds is 4. The Labute approximate surface area is 160 Å². The molecule has 1 atom stereocenters. The van der Waals surface area contributed by atoms with Crippen LogP contribution in [-0.2, 0) is 16.1 Å². The average molecular weight is 366 g/mol. The van der Waals surface area contributed by atoms with Crippen LogP contribution in [0.5, 0.6) is 0 Å². The van der Waals surface area contributed by atoms with Crippen molar-refractivity contribution in [3.05, 3.63) is 65.0 Å². The molecule has 2 saturated heterocycles. The van der Waals surface area contributed by atoms with Gasteiger partial charge in [-0.1, -0.05) is 17.2 Å². The van der Waals surface area contributed by atoms with Crippen molar-refractivity contribution in [2.75, 3.05) is 19.7 Å². The number of aromatic nitrogens is 1. The Morgan fingerprint density at radius 3 is 2.63 bits per heavy atom. The summed E-state index contributed by atoms with van der Waals surface area (Å²) in [5, 5.41) is 0. The van der Waals surface area contributed by atoms with Gasteiger partial charge in [0.25, 0.3) is 5.91 Å². The van der Waals surface area contributed by atoms with E-state index in [0.29, 0.717) is 26.3 Å². The summed E-state index contributed by atoms with van der Waals surface area (Å²) in [6, 6.07) is 9.96. The highest BCUT2D eigenvalue weighted by Gasteiger charge is 2.49. The molecule has 2 aliphatic rings. The minimum atomic E-state index is -0.240. The van der Waals surface area contributed by atoms with E-state index in [0.717, 1.165) is 35.1 Å². The molecule has 27 heavy (non-hydrogen) atoms. The third-order valence-corrected chi connectivity index (χ3v) is 5.40. The van der Waals surface area contributed by atoms with Crippen molar-refractivity contribution in [2.24, 2.45) is 0 Å². The number of carbonyl (C=O) groups is 1. The topological polar surface area (TPSA) is 51.7 Å². The fourth-order valence-corrected chi connectivity index (χ4v) is 4.11. The summed E-state index contributed by atoms with van der Waals surface area (Å²) in [7, 11) is 0. The van der Waals surface area contributed by atoms with E-state index in [2.05, 4.69) is 11.1 Å². The molecule has 0 aliphatic carbocycles. The van der Waals surface area contributed by atoms with Crippen LogP contribution in [0, 0.1) is 13.8 Å². The monoisotopic (exact) mass is 366 g/mol. The average Bonchev–Trinajstić information content (AvgIpc) is 2.64. The Morgan fingerprint density at radius 1 is 1.22 bits per heavy atom. The third kappa shape index (κ3) is 4.04. The maximum Gasteiger partial charge on any atom is 0.254 e. The molecule has 2 aliphatic heterocycles. The van der Waals surface area contributed by atoms with E-state index in [9.17, 15) is 4.79 Å². The predicted molar refractivity (Wildman–Crippen MR) is 103 cm³/mol. The van der Waals surface area contributed by atoms with E-state index in [1.807, 2.05) is 43.0 Å². The summed E-state index contributed by atoms with van der Waals surface area (Å²) in [6.45, 7) is 6.62. The van der Waals surface area contributed by atoms with Crippen molar-refractivity contribution in [3.8, 4) is 0 Å². The molecule has 1 aromatic heterocycles. The smallest absolute Gasteiger partial charge is 0.254 e. The lowest BCUT2D eigenvalue weighted by molar-refractivity contribution is -0.188. The zero-order chi connectivity index (χ0) is 18.9. The summed E-state index contributed by atoms with van der Waals surface area (Å²) in [5.41, 5.74) is 3.89. The van der Waals surface area contributed by atoms with Crippen LogP contribution in [0.3, 0.4) is 0 Å². The van der Waals surface area contributed by atoms with E-state index in [1.165, 1.54) is 0 Å². The molecule has 4 rings (SSSR count). The van der Waals surface area contributed by atoms with Gasteiger partial charge < -0.3 is 14.4 Å². The number of hydrogen-bond donors (Lipinski definition) is 0. The van der Waals surface area contributed by atoms with Gasteiger partial charge >= 0.3 is 0 Å². The summed E-state index contributed by atoms with van der Waals surface area (Å²) in [4.78, 5) is 18.7. The molecule has 5 heteroatoms. The molecule has 5 nitrogen and oxygen atoms in total. The first-order valence-corrected chi connectivity index (χ1v) is 9.55. The highest BCUT2D eigenvalue weighted by molar-refractivity contribution is 5.95. The van der Waals surface area contributed by atoms with Gasteiger partial charge in [0.15, 0.2) is 0 Å². The van der Waals surface area contributed by atoms with Crippen molar-refractivity contribution < 1.29 is 14.3 Å². The first-order valence-electron chi connectivity index (χ1n) is 9.55. The highest BCUT2D eigenvalue weighted by atomic mass is 16.5. The first-order chi connectivity index (χ1) is 13.0. The molecule has 2 aromatic rings.